The Labute approximate surface area is 126 Å². The number of benzene rings is 1. The molecule has 1 atom stereocenters. The molecule has 1 heterocycles. The first kappa shape index (κ1) is 15.4. The summed E-state index contributed by atoms with van der Waals surface area (Å²) in [4.78, 5) is 8.40. The third-order valence-electron chi connectivity index (χ3n) is 3.76. The number of hydrogen-bond acceptors (Lipinski definition) is 4. The van der Waals surface area contributed by atoms with E-state index in [4.69, 9.17) is 4.74 Å². The van der Waals surface area contributed by atoms with E-state index in [0.717, 1.165) is 12.1 Å². The number of nitrogens with one attached hydrogen (secondary N) is 1. The minimum absolute atomic E-state index is 0.227. The van der Waals surface area contributed by atoms with Crippen molar-refractivity contribution >= 4 is 0 Å². The van der Waals surface area contributed by atoms with Crippen LogP contribution in [0.3, 0.4) is 0 Å². The van der Waals surface area contributed by atoms with E-state index in [0.29, 0.717) is 5.88 Å². The van der Waals surface area contributed by atoms with Gasteiger partial charge in [-0.25, -0.2) is 9.97 Å². The van der Waals surface area contributed by atoms with Crippen molar-refractivity contribution in [1.29, 1.82) is 0 Å². The molecule has 0 aliphatic heterocycles. The van der Waals surface area contributed by atoms with Crippen molar-refractivity contribution < 1.29 is 4.74 Å². The normalized spacial score (nSPS) is 12.2. The van der Waals surface area contributed by atoms with Gasteiger partial charge in [-0.15, -0.1) is 0 Å². The highest BCUT2D eigenvalue weighted by atomic mass is 16.5. The van der Waals surface area contributed by atoms with E-state index in [1.165, 1.54) is 22.3 Å². The van der Waals surface area contributed by atoms with Crippen molar-refractivity contribution in [2.75, 3.05) is 14.2 Å². The zero-order chi connectivity index (χ0) is 15.4. The topological polar surface area (TPSA) is 47.0 Å². The Hall–Kier alpha value is -1.94. The molecule has 0 radical (unpaired) electrons. The summed E-state index contributed by atoms with van der Waals surface area (Å²) in [6, 6.07) is 6.58. The van der Waals surface area contributed by atoms with Gasteiger partial charge in [-0.05, 0) is 44.5 Å². The second-order valence-corrected chi connectivity index (χ2v) is 5.41. The summed E-state index contributed by atoms with van der Waals surface area (Å²) in [5, 5.41) is 3.40. The molecule has 1 unspecified atom stereocenters. The first-order valence-corrected chi connectivity index (χ1v) is 7.15. The molecule has 0 amide bonds. The zero-order valence-electron chi connectivity index (χ0n) is 13.4. The van der Waals surface area contributed by atoms with Gasteiger partial charge in [0.25, 0.3) is 0 Å². The molecule has 0 saturated heterocycles. The van der Waals surface area contributed by atoms with Crippen molar-refractivity contribution in [3.63, 3.8) is 0 Å². The van der Waals surface area contributed by atoms with Crippen LogP contribution in [0, 0.1) is 20.8 Å². The molecule has 0 spiro atoms. The first-order chi connectivity index (χ1) is 10.0. The number of nitrogens with zero attached hydrogens (tertiary/aromatic N) is 2. The second kappa shape index (κ2) is 6.68. The predicted octanol–water partition coefficient (Wildman–Crippen LogP) is 2.91. The lowest BCUT2D eigenvalue weighted by Crippen LogP contribution is -2.21. The molecule has 1 aromatic heterocycles. The van der Waals surface area contributed by atoms with Gasteiger partial charge < -0.3 is 10.1 Å². The van der Waals surface area contributed by atoms with Crippen LogP contribution in [0.5, 0.6) is 5.88 Å². The molecule has 21 heavy (non-hydrogen) atoms. The van der Waals surface area contributed by atoms with Crippen molar-refractivity contribution in [1.82, 2.24) is 15.3 Å². The maximum Gasteiger partial charge on any atom is 0.216 e. The Morgan fingerprint density at radius 2 is 1.76 bits per heavy atom. The number of ether oxygens (including phenoxy) is 1. The molecule has 1 aromatic carbocycles. The minimum atomic E-state index is 0.227. The van der Waals surface area contributed by atoms with E-state index >= 15 is 0 Å². The molecular formula is C17H23N3O. The number of hydrogen-bond donors (Lipinski definition) is 1. The van der Waals surface area contributed by atoms with Crippen LogP contribution < -0.4 is 10.1 Å². The standard InChI is InChI=1S/C17H23N3O/c1-11-6-12(2)17(13(3)7-11)15(18-4)8-14-9-16(21-5)20-10-19-14/h6-7,9-10,15,18H,8H2,1-5H3. The summed E-state index contributed by atoms with van der Waals surface area (Å²) < 4.78 is 5.17. The molecule has 2 rings (SSSR count). The largest absolute Gasteiger partial charge is 0.481 e. The number of methoxy groups -OCH3 is 1. The van der Waals surface area contributed by atoms with Gasteiger partial charge in [0.2, 0.25) is 5.88 Å². The Morgan fingerprint density at radius 1 is 1.10 bits per heavy atom. The monoisotopic (exact) mass is 285 g/mol. The summed E-state index contributed by atoms with van der Waals surface area (Å²) in [6.07, 6.45) is 2.36. The van der Waals surface area contributed by atoms with Crippen LogP contribution in [0.25, 0.3) is 0 Å². The van der Waals surface area contributed by atoms with Gasteiger partial charge in [-0.3, -0.25) is 0 Å². The van der Waals surface area contributed by atoms with Crippen molar-refractivity contribution in [3.05, 3.63) is 52.5 Å². The lowest BCUT2D eigenvalue weighted by Gasteiger charge is -2.21. The van der Waals surface area contributed by atoms with Gasteiger partial charge in [-0.1, -0.05) is 17.7 Å². The van der Waals surface area contributed by atoms with Crippen LogP contribution >= 0.6 is 0 Å². The molecular weight excluding hydrogens is 262 g/mol. The third kappa shape index (κ3) is 3.58. The van der Waals surface area contributed by atoms with Gasteiger partial charge in [-0.2, -0.15) is 0 Å². The molecule has 1 N–H and O–H groups in total. The summed E-state index contributed by atoms with van der Waals surface area (Å²) in [5.41, 5.74) is 6.24. The summed E-state index contributed by atoms with van der Waals surface area (Å²) in [5.74, 6) is 0.604. The van der Waals surface area contributed by atoms with Gasteiger partial charge in [0.05, 0.1) is 7.11 Å². The van der Waals surface area contributed by atoms with Gasteiger partial charge in [0, 0.05) is 24.2 Å². The van der Waals surface area contributed by atoms with Crippen molar-refractivity contribution in [3.8, 4) is 5.88 Å². The Balaban J connectivity index is 2.32. The molecule has 112 valence electrons. The van der Waals surface area contributed by atoms with Gasteiger partial charge >= 0.3 is 0 Å². The maximum atomic E-state index is 5.17. The average Bonchev–Trinajstić information content (AvgIpc) is 2.45. The third-order valence-corrected chi connectivity index (χ3v) is 3.76. The highest BCUT2D eigenvalue weighted by molar-refractivity contribution is 5.40. The highest BCUT2D eigenvalue weighted by Crippen LogP contribution is 2.26. The first-order valence-electron chi connectivity index (χ1n) is 7.15. The van der Waals surface area contributed by atoms with E-state index in [2.05, 4.69) is 48.2 Å². The summed E-state index contributed by atoms with van der Waals surface area (Å²) in [7, 11) is 3.61. The second-order valence-electron chi connectivity index (χ2n) is 5.41. The summed E-state index contributed by atoms with van der Waals surface area (Å²) >= 11 is 0. The van der Waals surface area contributed by atoms with Crippen LogP contribution in [0.2, 0.25) is 0 Å². The fraction of sp³-hybridized carbons (Fsp3) is 0.412. The predicted molar refractivity (Wildman–Crippen MR) is 84.7 cm³/mol. The van der Waals surface area contributed by atoms with Crippen LogP contribution in [-0.2, 0) is 6.42 Å². The van der Waals surface area contributed by atoms with Crippen LogP contribution in [-0.4, -0.2) is 24.1 Å². The van der Waals surface area contributed by atoms with Crippen molar-refractivity contribution in [2.45, 2.75) is 33.2 Å². The highest BCUT2D eigenvalue weighted by Gasteiger charge is 2.16. The fourth-order valence-corrected chi connectivity index (χ4v) is 2.90. The van der Waals surface area contributed by atoms with E-state index < -0.39 is 0 Å². The number of aromatic nitrogens is 2. The molecule has 0 bridgehead atoms. The fourth-order valence-electron chi connectivity index (χ4n) is 2.90. The quantitative estimate of drug-likeness (QED) is 0.917. The van der Waals surface area contributed by atoms with Gasteiger partial charge in [0.15, 0.2) is 0 Å². The summed E-state index contributed by atoms with van der Waals surface area (Å²) in [6.45, 7) is 6.47. The van der Waals surface area contributed by atoms with E-state index in [1.807, 2.05) is 13.1 Å². The molecule has 2 aromatic rings. The van der Waals surface area contributed by atoms with Crippen LogP contribution in [0.1, 0.15) is 34.0 Å². The van der Waals surface area contributed by atoms with E-state index in [-0.39, 0.29) is 6.04 Å². The van der Waals surface area contributed by atoms with E-state index in [9.17, 15) is 0 Å². The minimum Gasteiger partial charge on any atom is -0.481 e. The Kier molecular flexibility index (Phi) is 4.91. The molecule has 4 nitrogen and oxygen atoms in total. The smallest absolute Gasteiger partial charge is 0.216 e. The Morgan fingerprint density at radius 3 is 2.33 bits per heavy atom. The average molecular weight is 285 g/mol. The Bertz CT molecular complexity index is 602. The molecule has 0 fully saturated rings. The number of likely N-dealkylation sites (N-methyl/N-ethyl adjacent to an activating group) is 1. The SMILES string of the molecule is CNC(Cc1cc(OC)ncn1)c1c(C)cc(C)cc1C. The molecule has 0 aliphatic rings. The van der Waals surface area contributed by atoms with Gasteiger partial charge in [0.1, 0.15) is 6.33 Å². The lowest BCUT2D eigenvalue weighted by atomic mass is 9.91. The number of rotatable bonds is 5. The number of aryl methyl sites for hydroxylation is 3. The van der Waals surface area contributed by atoms with Crippen molar-refractivity contribution in [2.24, 2.45) is 0 Å². The maximum absolute atomic E-state index is 5.17. The van der Waals surface area contributed by atoms with Crippen LogP contribution in [0.4, 0.5) is 0 Å². The lowest BCUT2D eigenvalue weighted by molar-refractivity contribution is 0.395. The molecule has 0 saturated carbocycles. The van der Waals surface area contributed by atoms with E-state index in [1.54, 1.807) is 13.4 Å². The van der Waals surface area contributed by atoms with Crippen LogP contribution in [0.15, 0.2) is 24.5 Å². The zero-order valence-corrected chi connectivity index (χ0v) is 13.4. The molecule has 4 heteroatoms. The molecule has 0 aliphatic carbocycles.